The summed E-state index contributed by atoms with van der Waals surface area (Å²) in [5.74, 6) is 1.09. The van der Waals surface area contributed by atoms with E-state index in [9.17, 15) is 18.9 Å². The van der Waals surface area contributed by atoms with Crippen LogP contribution in [0.15, 0.2) is 24.0 Å². The molecule has 0 bridgehead atoms. The Morgan fingerprint density at radius 3 is 1.98 bits per heavy atom. The Labute approximate surface area is 246 Å². The van der Waals surface area contributed by atoms with Gasteiger partial charge in [0, 0.05) is 27.9 Å². The maximum absolute atomic E-state index is 13.2. The molecule has 1 aromatic rings. The predicted molar refractivity (Wildman–Crippen MR) is 163 cm³/mol. The molecule has 0 saturated heterocycles. The molecule has 0 heterocycles. The Balaban J connectivity index is 3.64. The first-order valence-electron chi connectivity index (χ1n) is 13.8. The zero-order chi connectivity index (χ0) is 31.9. The van der Waals surface area contributed by atoms with Crippen LogP contribution >= 0.6 is 7.60 Å². The molecular formula is C29H50NO9PSi. The van der Waals surface area contributed by atoms with Gasteiger partial charge in [0.15, 0.2) is 0 Å². The smallest absolute Gasteiger partial charge is 0.408 e. The van der Waals surface area contributed by atoms with Crippen molar-refractivity contribution < 1.29 is 41.9 Å². The fourth-order valence-electron chi connectivity index (χ4n) is 4.21. The fraction of sp³-hybridized carbons (Fsp3) is 0.655. The topological polar surface area (TPSA) is 130 Å². The first-order chi connectivity index (χ1) is 18.6. The quantitative estimate of drug-likeness (QED) is 0.146. The number of hydrogen-bond donors (Lipinski definition) is 2. The number of alkyl carbamates (subject to hydrolysis) is 1. The van der Waals surface area contributed by atoms with E-state index in [0.717, 1.165) is 0 Å². The normalized spacial score (nSPS) is 14.1. The summed E-state index contributed by atoms with van der Waals surface area (Å²) in [6.07, 6.45) is 0.884. The van der Waals surface area contributed by atoms with Gasteiger partial charge in [0.2, 0.25) is 0 Å². The minimum atomic E-state index is -3.56. The molecule has 2 N–H and O–H groups in total. The monoisotopic (exact) mass is 615 g/mol. The molecule has 0 unspecified atom stereocenters. The summed E-state index contributed by atoms with van der Waals surface area (Å²) in [6.45, 7) is 20.6. The van der Waals surface area contributed by atoms with Crippen LogP contribution in [0.2, 0.25) is 10.1 Å². The van der Waals surface area contributed by atoms with E-state index < -0.39 is 49.9 Å². The largest absolute Gasteiger partial charge is 0.519 e. The number of hydrogen-bond acceptors (Lipinski definition) is 9. The van der Waals surface area contributed by atoms with Crippen LogP contribution in [0.5, 0.6) is 5.75 Å². The van der Waals surface area contributed by atoms with Gasteiger partial charge in [0.1, 0.15) is 17.4 Å². The Hall–Kier alpha value is -2.17. The first kappa shape index (κ1) is 36.9. The van der Waals surface area contributed by atoms with Crippen LogP contribution in [0.3, 0.4) is 0 Å². The van der Waals surface area contributed by atoms with E-state index in [0.29, 0.717) is 16.9 Å². The molecule has 0 radical (unpaired) electrons. The molecule has 10 nitrogen and oxygen atoms in total. The highest BCUT2D eigenvalue weighted by atomic mass is 31.2. The number of amides is 1. The second-order valence-electron chi connectivity index (χ2n) is 12.7. The van der Waals surface area contributed by atoms with E-state index in [2.05, 4.69) is 5.32 Å². The van der Waals surface area contributed by atoms with Crippen LogP contribution in [0.1, 0.15) is 87.3 Å². The summed E-state index contributed by atoms with van der Waals surface area (Å²) in [7, 11) is -5.78. The highest BCUT2D eigenvalue weighted by Gasteiger charge is 2.57. The van der Waals surface area contributed by atoms with E-state index in [4.69, 9.17) is 22.9 Å². The van der Waals surface area contributed by atoms with Crippen LogP contribution < -0.4 is 9.74 Å². The van der Waals surface area contributed by atoms with Crippen molar-refractivity contribution in [2.45, 2.75) is 104 Å². The molecule has 41 heavy (non-hydrogen) atoms. The van der Waals surface area contributed by atoms with Gasteiger partial charge in [-0.15, -0.1) is 0 Å². The summed E-state index contributed by atoms with van der Waals surface area (Å²) >= 11 is 0. The molecular weight excluding hydrogens is 565 g/mol. The van der Waals surface area contributed by atoms with E-state index in [-0.39, 0.29) is 19.6 Å². The van der Waals surface area contributed by atoms with Crippen molar-refractivity contribution in [3.05, 3.63) is 35.1 Å². The highest BCUT2D eigenvalue weighted by Crippen LogP contribution is 2.52. The maximum Gasteiger partial charge on any atom is 0.408 e. The highest BCUT2D eigenvalue weighted by molar-refractivity contribution is 7.57. The lowest BCUT2D eigenvalue weighted by Crippen LogP contribution is -2.57. The van der Waals surface area contributed by atoms with Crippen LogP contribution in [-0.4, -0.2) is 57.4 Å². The third-order valence-electron chi connectivity index (χ3n) is 6.04. The van der Waals surface area contributed by atoms with Gasteiger partial charge in [-0.2, -0.15) is 0 Å². The van der Waals surface area contributed by atoms with Gasteiger partial charge in [0.05, 0.1) is 20.3 Å². The summed E-state index contributed by atoms with van der Waals surface area (Å²) in [5, 5.41) is 1.47. The summed E-state index contributed by atoms with van der Waals surface area (Å²) in [6, 6.07) is 4.13. The number of ether oxygens (including phenoxy) is 2. The van der Waals surface area contributed by atoms with Crippen molar-refractivity contribution in [3.8, 4) is 5.75 Å². The minimum Gasteiger partial charge on any atom is -0.519 e. The van der Waals surface area contributed by atoms with E-state index >= 15 is 0 Å². The minimum absolute atomic E-state index is 0.0713. The van der Waals surface area contributed by atoms with Gasteiger partial charge in [-0.25, -0.2) is 9.59 Å². The SMILES string of the molecule is CCOP(=O)(/C=C/c1cc(C[C@H](NC(=O)OC(C)(C)C)C(=O)OC)ccc1O[Si](O)(C(C)(C)C)C(C)(C)C)OCC. The van der Waals surface area contributed by atoms with Crippen molar-refractivity contribution in [3.63, 3.8) is 0 Å². The Kier molecular flexibility index (Phi) is 12.9. The van der Waals surface area contributed by atoms with Gasteiger partial charge in [0.25, 0.3) is 0 Å². The van der Waals surface area contributed by atoms with Crippen LogP contribution in [-0.2, 0) is 34.3 Å². The predicted octanol–water partition coefficient (Wildman–Crippen LogP) is 6.95. The number of benzene rings is 1. The lowest BCUT2D eigenvalue weighted by Gasteiger charge is -2.45. The molecule has 0 aliphatic rings. The summed E-state index contributed by atoms with van der Waals surface area (Å²) in [4.78, 5) is 36.9. The lowest BCUT2D eigenvalue weighted by atomic mass is 10.0. The molecule has 1 atom stereocenters. The molecule has 0 fully saturated rings. The third kappa shape index (κ3) is 10.9. The van der Waals surface area contributed by atoms with Gasteiger partial charge in [-0.3, -0.25) is 4.57 Å². The Bertz CT molecular complexity index is 1090. The van der Waals surface area contributed by atoms with Crippen molar-refractivity contribution in [1.29, 1.82) is 0 Å². The summed E-state index contributed by atoms with van der Waals surface area (Å²) in [5.41, 5.74) is 0.377. The molecule has 0 aliphatic carbocycles. The average molecular weight is 616 g/mol. The molecule has 234 valence electrons. The average Bonchev–Trinajstić information content (AvgIpc) is 2.80. The maximum atomic E-state index is 13.2. The number of rotatable bonds is 12. The third-order valence-corrected chi connectivity index (χ3v) is 12.4. The first-order valence-corrected chi connectivity index (χ1v) is 17.3. The van der Waals surface area contributed by atoms with Crippen molar-refractivity contribution in [1.82, 2.24) is 5.32 Å². The number of methoxy groups -OCH3 is 1. The van der Waals surface area contributed by atoms with Gasteiger partial charge < -0.3 is 33.1 Å². The van der Waals surface area contributed by atoms with Gasteiger partial charge in [-0.1, -0.05) is 47.6 Å². The molecule has 0 spiro atoms. The Morgan fingerprint density at radius 1 is 1.00 bits per heavy atom. The zero-order valence-electron chi connectivity index (χ0n) is 26.7. The van der Waals surface area contributed by atoms with Crippen LogP contribution in [0.4, 0.5) is 4.79 Å². The second kappa shape index (κ2) is 14.3. The van der Waals surface area contributed by atoms with E-state index in [1.807, 2.05) is 41.5 Å². The molecule has 1 amide bonds. The van der Waals surface area contributed by atoms with Crippen LogP contribution in [0.25, 0.3) is 6.08 Å². The fourth-order valence-corrected chi connectivity index (χ4v) is 8.89. The molecule has 12 heteroatoms. The van der Waals surface area contributed by atoms with Crippen molar-refractivity contribution in [2.75, 3.05) is 20.3 Å². The molecule has 0 aromatic heterocycles. The number of esters is 1. The lowest BCUT2D eigenvalue weighted by molar-refractivity contribution is -0.143. The van der Waals surface area contributed by atoms with Gasteiger partial charge >= 0.3 is 28.2 Å². The number of carbonyl (C=O) groups excluding carboxylic acids is 2. The summed E-state index contributed by atoms with van der Waals surface area (Å²) < 4.78 is 40.7. The molecule has 1 aromatic carbocycles. The van der Waals surface area contributed by atoms with E-state index in [1.165, 1.54) is 12.9 Å². The van der Waals surface area contributed by atoms with Crippen LogP contribution in [0, 0.1) is 0 Å². The van der Waals surface area contributed by atoms with Crippen molar-refractivity contribution in [2.24, 2.45) is 0 Å². The zero-order valence-corrected chi connectivity index (χ0v) is 28.6. The molecule has 0 saturated carbocycles. The number of carbonyl (C=O) groups is 2. The number of nitrogens with one attached hydrogen (secondary N) is 1. The Morgan fingerprint density at radius 2 is 1.54 bits per heavy atom. The second-order valence-corrected chi connectivity index (χ2v) is 19.1. The van der Waals surface area contributed by atoms with E-state index in [1.54, 1.807) is 58.9 Å². The van der Waals surface area contributed by atoms with Gasteiger partial charge in [-0.05, 0) is 58.4 Å². The molecule has 1 rings (SSSR count). The molecule has 0 aliphatic heterocycles. The standard InChI is InChI=1S/C29H50NO9PSi/c1-13-36-40(33,37-14-2)18-17-22-19-21(20-23(25(31)35-12)30-26(32)38-27(3,4)5)15-16-24(22)39-41(34,28(6,7)8)29(9,10)11/h15-19,23,34H,13-14,20H2,1-12H3,(H,30,32)/b18-17+/t23-/m0/s1. The van der Waals surface area contributed by atoms with Crippen molar-refractivity contribution >= 4 is 34.3 Å².